The molecule has 0 atom stereocenters. The van der Waals surface area contributed by atoms with E-state index in [1.165, 1.54) is 0 Å². The van der Waals surface area contributed by atoms with Gasteiger partial charge in [-0.15, -0.1) is 0 Å². The summed E-state index contributed by atoms with van der Waals surface area (Å²) in [5, 5.41) is 12.7. The van der Waals surface area contributed by atoms with Gasteiger partial charge in [0.25, 0.3) is 5.56 Å². The predicted molar refractivity (Wildman–Crippen MR) is 75.6 cm³/mol. The number of carboxylic acid groups (broad SMARTS) is 1. The molecule has 0 radical (unpaired) electrons. The maximum Gasteiger partial charge on any atom is 0.325 e. The lowest BCUT2D eigenvalue weighted by Crippen LogP contribution is -2.29. The van der Waals surface area contributed by atoms with Crippen LogP contribution in [0.5, 0.6) is 5.75 Å². The van der Waals surface area contributed by atoms with Gasteiger partial charge in [0.2, 0.25) is 0 Å². The number of rotatable bonds is 6. The summed E-state index contributed by atoms with van der Waals surface area (Å²) in [6.07, 6.45) is 0. The Bertz CT molecular complexity index is 552. The molecule has 0 unspecified atom stereocenters. The van der Waals surface area contributed by atoms with Crippen LogP contribution in [0.4, 0.5) is 0 Å². The van der Waals surface area contributed by atoms with Gasteiger partial charge < -0.3 is 9.84 Å². The van der Waals surface area contributed by atoms with Gasteiger partial charge >= 0.3 is 5.97 Å². The van der Waals surface area contributed by atoms with E-state index < -0.39 is 18.1 Å². The molecule has 1 N–H and O–H groups in total. The molecule has 1 rings (SSSR count). The Morgan fingerprint density at radius 3 is 2.45 bits per heavy atom. The Kier molecular flexibility index (Phi) is 5.56. The van der Waals surface area contributed by atoms with Gasteiger partial charge in [-0.25, -0.2) is 4.68 Å². The summed E-state index contributed by atoms with van der Waals surface area (Å²) in [6.45, 7) is 7.57. The van der Waals surface area contributed by atoms with Crippen molar-refractivity contribution < 1.29 is 14.6 Å². The fraction of sp³-hybridized carbons (Fsp3) is 0.615. The first-order valence-electron chi connectivity index (χ1n) is 6.39. The molecule has 0 aliphatic rings. The zero-order valence-electron chi connectivity index (χ0n) is 12.0. The van der Waals surface area contributed by atoms with E-state index in [9.17, 15) is 9.59 Å². The lowest BCUT2D eigenvalue weighted by atomic mass is 10.1. The molecule has 0 aliphatic carbocycles. The van der Waals surface area contributed by atoms with Crippen LogP contribution in [0.1, 0.15) is 39.3 Å². The topological polar surface area (TPSA) is 81.4 Å². The number of nitrogens with zero attached hydrogens (tertiary/aromatic N) is 2. The van der Waals surface area contributed by atoms with E-state index in [0.717, 1.165) is 4.68 Å². The average molecular weight is 303 g/mol. The van der Waals surface area contributed by atoms with Gasteiger partial charge in [0.05, 0.1) is 6.61 Å². The van der Waals surface area contributed by atoms with Crippen molar-refractivity contribution in [3.63, 3.8) is 0 Å². The van der Waals surface area contributed by atoms with E-state index in [1.807, 2.05) is 27.7 Å². The highest BCUT2D eigenvalue weighted by Gasteiger charge is 2.20. The third-order valence-corrected chi connectivity index (χ3v) is 2.81. The first-order chi connectivity index (χ1) is 9.23. The van der Waals surface area contributed by atoms with Gasteiger partial charge in [0, 0.05) is 5.92 Å². The molecule has 112 valence electrons. The molecule has 7 heteroatoms. The fourth-order valence-electron chi connectivity index (χ4n) is 1.54. The van der Waals surface area contributed by atoms with Crippen LogP contribution in [0.3, 0.4) is 0 Å². The van der Waals surface area contributed by atoms with E-state index in [1.54, 1.807) is 0 Å². The molecule has 1 heterocycles. The molecule has 0 saturated carbocycles. The molecule has 6 nitrogen and oxygen atoms in total. The highest BCUT2D eigenvalue weighted by atomic mass is 35.5. The largest absolute Gasteiger partial charge is 0.490 e. The van der Waals surface area contributed by atoms with Crippen molar-refractivity contribution in [3.05, 3.63) is 21.1 Å². The summed E-state index contributed by atoms with van der Waals surface area (Å²) in [5.74, 6) is -0.675. The van der Waals surface area contributed by atoms with E-state index in [4.69, 9.17) is 21.4 Å². The van der Waals surface area contributed by atoms with E-state index in [2.05, 4.69) is 5.10 Å². The highest BCUT2D eigenvalue weighted by molar-refractivity contribution is 6.31. The van der Waals surface area contributed by atoms with E-state index in [0.29, 0.717) is 12.3 Å². The normalized spacial score (nSPS) is 11.2. The maximum atomic E-state index is 12.0. The minimum atomic E-state index is -1.15. The second-order valence-electron chi connectivity index (χ2n) is 5.24. The number of halogens is 1. The zero-order valence-corrected chi connectivity index (χ0v) is 12.8. The van der Waals surface area contributed by atoms with Gasteiger partial charge in [-0.2, -0.15) is 5.10 Å². The van der Waals surface area contributed by atoms with Gasteiger partial charge in [0.1, 0.15) is 12.2 Å². The summed E-state index contributed by atoms with van der Waals surface area (Å²) in [5.41, 5.74) is -0.172. The lowest BCUT2D eigenvalue weighted by Gasteiger charge is -2.17. The van der Waals surface area contributed by atoms with Crippen molar-refractivity contribution in [1.29, 1.82) is 0 Å². The summed E-state index contributed by atoms with van der Waals surface area (Å²) in [4.78, 5) is 22.7. The second kappa shape index (κ2) is 6.74. The van der Waals surface area contributed by atoms with Crippen LogP contribution in [-0.4, -0.2) is 27.5 Å². The summed E-state index contributed by atoms with van der Waals surface area (Å²) in [6, 6.07) is 0. The smallest absolute Gasteiger partial charge is 0.325 e. The molecule has 0 amide bonds. The fourth-order valence-corrected chi connectivity index (χ4v) is 1.79. The first kappa shape index (κ1) is 16.5. The molecular weight excluding hydrogens is 284 g/mol. The van der Waals surface area contributed by atoms with Crippen molar-refractivity contribution >= 4 is 17.6 Å². The molecule has 0 aliphatic heterocycles. The molecule has 1 aromatic rings. The van der Waals surface area contributed by atoms with Gasteiger partial charge in [-0.05, 0) is 5.92 Å². The third-order valence-electron chi connectivity index (χ3n) is 2.48. The van der Waals surface area contributed by atoms with Crippen molar-refractivity contribution in [3.8, 4) is 5.75 Å². The second-order valence-corrected chi connectivity index (χ2v) is 5.62. The Morgan fingerprint density at radius 2 is 2.00 bits per heavy atom. The van der Waals surface area contributed by atoms with Crippen molar-refractivity contribution in [1.82, 2.24) is 9.78 Å². The summed E-state index contributed by atoms with van der Waals surface area (Å²) >= 11 is 6.02. The minimum absolute atomic E-state index is 0.0460. The van der Waals surface area contributed by atoms with Crippen LogP contribution >= 0.6 is 11.6 Å². The van der Waals surface area contributed by atoms with Crippen LogP contribution < -0.4 is 10.3 Å². The monoisotopic (exact) mass is 302 g/mol. The highest BCUT2D eigenvalue weighted by Crippen LogP contribution is 2.29. The standard InChI is InChI=1S/C13H19ClN2O4/c1-7(2)6-20-12-10(14)13(19)16(5-9(17)18)15-11(12)8(3)4/h7-8H,5-6H2,1-4H3,(H,17,18). The molecule has 20 heavy (non-hydrogen) atoms. The van der Waals surface area contributed by atoms with E-state index >= 15 is 0 Å². The number of hydrogen-bond donors (Lipinski definition) is 1. The molecule has 0 saturated heterocycles. The van der Waals surface area contributed by atoms with Gasteiger partial charge in [0.15, 0.2) is 10.8 Å². The number of hydrogen-bond acceptors (Lipinski definition) is 4. The third kappa shape index (κ3) is 3.96. The summed E-state index contributed by atoms with van der Waals surface area (Å²) in [7, 11) is 0. The maximum absolute atomic E-state index is 12.0. The van der Waals surface area contributed by atoms with Gasteiger partial charge in [-0.3, -0.25) is 9.59 Å². The number of aliphatic carboxylic acids is 1. The number of aromatic nitrogens is 2. The van der Waals surface area contributed by atoms with Crippen LogP contribution in [0, 0.1) is 5.92 Å². The first-order valence-corrected chi connectivity index (χ1v) is 6.76. The van der Waals surface area contributed by atoms with Crippen LogP contribution in [0.15, 0.2) is 4.79 Å². The minimum Gasteiger partial charge on any atom is -0.490 e. The number of ether oxygens (including phenoxy) is 1. The van der Waals surface area contributed by atoms with Crippen LogP contribution in [0.2, 0.25) is 5.02 Å². The van der Waals surface area contributed by atoms with Crippen molar-refractivity contribution in [2.45, 2.75) is 40.2 Å². The predicted octanol–water partition coefficient (Wildman–Crippen LogP) is 2.14. The lowest BCUT2D eigenvalue weighted by molar-refractivity contribution is -0.138. The Labute approximate surface area is 122 Å². The van der Waals surface area contributed by atoms with Crippen LogP contribution in [-0.2, 0) is 11.3 Å². The molecule has 0 aromatic carbocycles. The van der Waals surface area contributed by atoms with Crippen molar-refractivity contribution in [2.75, 3.05) is 6.61 Å². The molecule has 0 bridgehead atoms. The Balaban J connectivity index is 3.32. The Hall–Kier alpha value is -1.56. The average Bonchev–Trinajstić information content (AvgIpc) is 2.32. The van der Waals surface area contributed by atoms with E-state index in [-0.39, 0.29) is 22.6 Å². The number of carboxylic acids is 1. The molecular formula is C13H19ClN2O4. The molecule has 1 aromatic heterocycles. The van der Waals surface area contributed by atoms with Crippen molar-refractivity contribution in [2.24, 2.45) is 5.92 Å². The molecule has 0 spiro atoms. The SMILES string of the molecule is CC(C)COc1c(C(C)C)nn(CC(=O)O)c(=O)c1Cl. The summed E-state index contributed by atoms with van der Waals surface area (Å²) < 4.78 is 6.43. The van der Waals surface area contributed by atoms with Gasteiger partial charge in [-0.1, -0.05) is 39.3 Å². The quantitative estimate of drug-likeness (QED) is 0.870. The number of carbonyl (C=O) groups is 1. The Morgan fingerprint density at radius 1 is 1.40 bits per heavy atom. The van der Waals surface area contributed by atoms with Crippen LogP contribution in [0.25, 0.3) is 0 Å². The molecule has 0 fully saturated rings. The zero-order chi connectivity index (χ0) is 15.4.